The molecule has 13 heterocycles. The van der Waals surface area contributed by atoms with Gasteiger partial charge in [0.1, 0.15) is 59.4 Å². The van der Waals surface area contributed by atoms with E-state index in [4.69, 9.17) is 29.8 Å². The second-order valence-electron chi connectivity index (χ2n) is 35.3. The molecule has 33 heteroatoms. The average molecular weight is 1730 g/mol. The third-order valence-corrected chi connectivity index (χ3v) is 26.2. The van der Waals surface area contributed by atoms with Gasteiger partial charge in [-0.3, -0.25) is 28.8 Å². The zero-order valence-electron chi connectivity index (χ0n) is 73.5. The quantitative estimate of drug-likeness (QED) is 0.0421. The summed E-state index contributed by atoms with van der Waals surface area (Å²) in [5.41, 5.74) is 15.5. The zero-order chi connectivity index (χ0) is 88.9. The summed E-state index contributed by atoms with van der Waals surface area (Å²) in [6.07, 6.45) is 29.6. The number of methoxy groups -OCH3 is 1. The number of aromatic amines is 1. The number of alkyl carbamates (subject to hydrolysis) is 1. The molecule has 1 aromatic carbocycles. The van der Waals surface area contributed by atoms with Gasteiger partial charge in [-0.05, 0) is 155 Å². The number of nitrogens with two attached hydrogens (primary N) is 1. The first-order valence-corrected chi connectivity index (χ1v) is 44.9. The number of ketones is 3. The second-order valence-corrected chi connectivity index (χ2v) is 35.3. The van der Waals surface area contributed by atoms with Crippen molar-refractivity contribution in [1.29, 1.82) is 0 Å². The van der Waals surface area contributed by atoms with Crippen LogP contribution in [-0.2, 0) is 69.0 Å². The molecule has 5 N–H and O–H groups in total. The maximum atomic E-state index is 14.6. The summed E-state index contributed by atoms with van der Waals surface area (Å²) in [6, 6.07) is 9.24. The molecule has 4 amide bonds. The highest BCUT2D eigenvalue weighted by Gasteiger charge is 2.44. The number of aromatic nitrogens is 12. The second kappa shape index (κ2) is 41.1. The van der Waals surface area contributed by atoms with Crippen LogP contribution in [0, 0.1) is 29.6 Å². The van der Waals surface area contributed by atoms with Gasteiger partial charge < -0.3 is 69.5 Å². The predicted molar refractivity (Wildman–Crippen MR) is 476 cm³/mol. The lowest BCUT2D eigenvalue weighted by atomic mass is 9.83. The molecule has 6 aliphatic heterocycles. The molecule has 1 saturated carbocycles. The molecule has 15 rings (SSSR count). The molecule has 7 aliphatic rings. The Balaban J connectivity index is 0.479. The number of amides is 4. The number of H-pyrrole nitrogens is 1. The van der Waals surface area contributed by atoms with E-state index in [-0.39, 0.29) is 97.7 Å². The normalized spacial score (nSPS) is 25.7. The van der Waals surface area contributed by atoms with Crippen molar-refractivity contribution in [3.63, 3.8) is 0 Å². The summed E-state index contributed by atoms with van der Waals surface area (Å²) in [7, 11) is 1.64. The number of nitrogens with one attached hydrogen (secondary N) is 2. The van der Waals surface area contributed by atoms with Crippen LogP contribution < -0.4 is 25.8 Å². The first kappa shape index (κ1) is 89.7. The smallest absolute Gasteiger partial charge is 0.407 e. The molecule has 33 nitrogen and oxygen atoms in total. The van der Waals surface area contributed by atoms with Gasteiger partial charge in [0.05, 0.1) is 41.4 Å². The van der Waals surface area contributed by atoms with E-state index in [1.165, 1.54) is 11.2 Å². The molecule has 0 spiro atoms. The number of hydrogen-bond acceptors (Lipinski definition) is 27. The van der Waals surface area contributed by atoms with Crippen LogP contribution in [0.1, 0.15) is 181 Å². The lowest BCUT2D eigenvalue weighted by Gasteiger charge is -2.38. The van der Waals surface area contributed by atoms with Crippen LogP contribution >= 0.6 is 0 Å². The SMILES string of the molecule is CO[C@H]1CC2CC[C@@H](C)C(O2)C(=O)C(=O)N2CCCC[C@H]2C(=O)O[C@H](CCC2CCC(OC(=O)NCc3cnc(N4CCN(c5ncc(C(=O)N6CCN(c7ncc(C(=O)N8CCc9cc(Cn%10nc(-c%11cnc%12[nH]ccc%12c%11)c%11c(N)ncnc%11%10)ccc9C8)cn7)CC6)cn5)CC4)nc3)CC2)CC(=O)[C@H](C)/C=C(\C)[C@@H](O)CC(=O)[C@H](C)C[C@H](C)/C=C/C=CC=C1C. The monoisotopic (exact) mass is 1730 g/mol. The number of benzene rings is 1. The Morgan fingerprint density at radius 2 is 1.35 bits per heavy atom. The molecule has 10 atom stereocenters. The van der Waals surface area contributed by atoms with Gasteiger partial charge in [-0.25, -0.2) is 59.1 Å². The number of esters is 1. The van der Waals surface area contributed by atoms with Gasteiger partial charge in [0.15, 0.2) is 5.65 Å². The van der Waals surface area contributed by atoms with Crippen molar-refractivity contribution < 1.29 is 62.4 Å². The molecule has 0 radical (unpaired) electrons. The molecule has 127 heavy (non-hydrogen) atoms. The maximum Gasteiger partial charge on any atom is 0.407 e. The molecule has 670 valence electrons. The highest BCUT2D eigenvalue weighted by molar-refractivity contribution is 6.38. The fourth-order valence-corrected chi connectivity index (χ4v) is 18.5. The summed E-state index contributed by atoms with van der Waals surface area (Å²) < 4.78 is 26.5. The Bertz CT molecular complexity index is 5400. The number of rotatable bonds is 15. The molecule has 5 fully saturated rings. The van der Waals surface area contributed by atoms with Crippen molar-refractivity contribution in [2.45, 2.75) is 207 Å². The largest absolute Gasteiger partial charge is 0.460 e. The van der Waals surface area contributed by atoms with Crippen LogP contribution in [0.25, 0.3) is 33.3 Å². The number of piperidine rings is 1. The van der Waals surface area contributed by atoms with Crippen LogP contribution in [0.2, 0.25) is 0 Å². The number of piperazine rings is 2. The van der Waals surface area contributed by atoms with E-state index < -0.39 is 54.0 Å². The number of nitrogen functional groups attached to an aromatic ring is 1. The van der Waals surface area contributed by atoms with Gasteiger partial charge in [0.2, 0.25) is 23.6 Å². The summed E-state index contributed by atoms with van der Waals surface area (Å²) >= 11 is 0. The number of pyridine rings is 1. The Morgan fingerprint density at radius 3 is 2.05 bits per heavy atom. The number of allylic oxidation sites excluding steroid dienone is 6. The number of nitrogens with zero attached hydrogens (tertiary/aromatic N) is 17. The Kier molecular flexibility index (Phi) is 29.0. The number of carbonyl (C=O) groups excluding carboxylic acids is 8. The van der Waals surface area contributed by atoms with E-state index >= 15 is 0 Å². The van der Waals surface area contributed by atoms with Gasteiger partial charge in [-0.1, -0.05) is 82.4 Å². The van der Waals surface area contributed by atoms with Crippen LogP contribution in [-0.4, -0.2) is 242 Å². The molecule has 2 unspecified atom stereocenters. The molecular weight excluding hydrogens is 1620 g/mol. The van der Waals surface area contributed by atoms with Crippen molar-refractivity contribution in [3.05, 3.63) is 167 Å². The number of anilines is 4. The van der Waals surface area contributed by atoms with E-state index in [1.807, 2.05) is 90.9 Å². The fourth-order valence-electron chi connectivity index (χ4n) is 18.5. The number of fused-ring (bicyclic) bond motifs is 6. The molecule has 4 saturated heterocycles. The van der Waals surface area contributed by atoms with E-state index in [9.17, 15) is 43.5 Å². The Hall–Kier alpha value is -12.1. The molecule has 2 bridgehead atoms. The highest BCUT2D eigenvalue weighted by atomic mass is 16.6. The minimum absolute atomic E-state index is 0.0782. The van der Waals surface area contributed by atoms with Crippen molar-refractivity contribution in [1.82, 2.24) is 79.6 Å². The number of cyclic esters (lactones) is 1. The van der Waals surface area contributed by atoms with Crippen LogP contribution in [0.5, 0.6) is 0 Å². The van der Waals surface area contributed by atoms with E-state index in [1.54, 1.807) is 75.3 Å². The van der Waals surface area contributed by atoms with Crippen molar-refractivity contribution >= 4 is 92.9 Å². The predicted octanol–water partition coefficient (Wildman–Crippen LogP) is 10.5. The summed E-state index contributed by atoms with van der Waals surface area (Å²) in [6.45, 7) is 17.2. The lowest BCUT2D eigenvalue weighted by Crippen LogP contribution is -2.55. The van der Waals surface area contributed by atoms with Gasteiger partial charge in [-0.2, -0.15) is 5.10 Å². The Morgan fingerprint density at radius 1 is 0.661 bits per heavy atom. The zero-order valence-corrected chi connectivity index (χ0v) is 73.5. The summed E-state index contributed by atoms with van der Waals surface area (Å²) in [5, 5.41) is 20.8. The van der Waals surface area contributed by atoms with Gasteiger partial charge in [0, 0.05) is 183 Å². The molecule has 7 aromatic heterocycles. The van der Waals surface area contributed by atoms with Gasteiger partial charge >= 0.3 is 12.1 Å². The molecule has 1 aliphatic carbocycles. The number of carbonyl (C=O) groups is 8. The third-order valence-electron chi connectivity index (χ3n) is 26.2. The topological polar surface area (TPSA) is 401 Å². The van der Waals surface area contributed by atoms with Crippen molar-refractivity contribution in [2.24, 2.45) is 29.6 Å². The number of Topliss-reactive ketones (excluding diaryl/α,β-unsaturated/α-hetero) is 3. The summed E-state index contributed by atoms with van der Waals surface area (Å²) in [5.74, 6) is -1.92. The number of aliphatic hydroxyl groups excluding tert-OH is 1. The first-order valence-electron chi connectivity index (χ1n) is 44.9. The standard InChI is InChI=1S/C94H116N20O13/c1-57-13-9-8-10-14-58(2)79(124-7)44-74-22-16-59(3)83(125-74)82(118)89(121)113-29-12-11-15-75(113)90(122)126-73(43-76(115)61(5)40-62(6)78(117)45-77(116)60(4)39-57)25-20-63-18-23-72(24-19-63)127-94(123)104-48-65-46-98-91(99-47-65)110-35-37-111(38-36-110)93-100-50-70(51-101-93)87(119)108-31-33-109(34-32-108)92-102-52-71(53-103-92)88(120)112-30-27-66-41-64(17-21-68(66)55-112)54-114-86-80(84(95)105-56-106-86)81(107-114)69-42-67-26-28-96-85(67)97-49-69/h8-10,13-14,17,21,26,28,40-42,46-47,49-53,56-57,59-61,63,72-75,78-79,83,117H,11-12,15-16,18-20,22-25,27,29-39,43-45,48,54-55H2,1-7H3,(H,96,97)(H,104,123)(H2,95,105,106)/b10-8?,13-9+,58-14?,62-40+/t57-,59-,60-,61-,63?,72?,73-,74?,75+,78+,79+,83?/m1/s1. The summed E-state index contributed by atoms with van der Waals surface area (Å²) in [4.78, 5) is 167. The van der Waals surface area contributed by atoms with Crippen LogP contribution in [0.15, 0.2) is 134 Å². The minimum atomic E-state index is -1.10. The van der Waals surface area contributed by atoms with Gasteiger partial charge in [0.25, 0.3) is 17.7 Å². The van der Waals surface area contributed by atoms with E-state index in [2.05, 4.69) is 83.2 Å². The molecule has 8 aromatic rings. The number of hydrogen-bond donors (Lipinski definition) is 4. The van der Waals surface area contributed by atoms with Crippen molar-refractivity contribution in [3.8, 4) is 11.3 Å². The van der Waals surface area contributed by atoms with Crippen LogP contribution in [0.3, 0.4) is 0 Å². The third kappa shape index (κ3) is 22.0. The maximum absolute atomic E-state index is 14.6. The first-order chi connectivity index (χ1) is 61.4. The number of ether oxygens (including phenoxy) is 4. The van der Waals surface area contributed by atoms with Crippen LogP contribution in [0.4, 0.5) is 28.5 Å². The lowest BCUT2D eigenvalue weighted by molar-refractivity contribution is -0.169. The molecular formula is C94H116N20O13. The Labute approximate surface area is 738 Å². The van der Waals surface area contributed by atoms with Crippen molar-refractivity contribution in [2.75, 3.05) is 93.0 Å². The highest BCUT2D eigenvalue weighted by Crippen LogP contribution is 2.37. The average Bonchev–Trinajstić information content (AvgIpc) is 1.61. The number of aliphatic hydroxyl groups is 1. The van der Waals surface area contributed by atoms with E-state index in [0.717, 1.165) is 51.7 Å². The van der Waals surface area contributed by atoms with Gasteiger partial charge in [-0.15, -0.1) is 0 Å². The fraction of sp³-hybridized carbons (Fsp3) is 0.511. The minimum Gasteiger partial charge on any atom is -0.460 e. The van der Waals surface area contributed by atoms with E-state index in [0.29, 0.717) is 205 Å².